The molecule has 0 radical (unpaired) electrons. The fourth-order valence-corrected chi connectivity index (χ4v) is 3.41. The molecule has 0 saturated carbocycles. The zero-order valence-corrected chi connectivity index (χ0v) is 16.0. The van der Waals surface area contributed by atoms with Crippen molar-refractivity contribution in [2.75, 3.05) is 24.7 Å². The van der Waals surface area contributed by atoms with Crippen molar-refractivity contribution in [3.63, 3.8) is 0 Å². The summed E-state index contributed by atoms with van der Waals surface area (Å²) in [7, 11) is -0.125. The molecule has 0 fully saturated rings. The molecule has 2 N–H and O–H groups in total. The molecule has 0 unspecified atom stereocenters. The second-order valence-electron chi connectivity index (χ2n) is 6.58. The van der Waals surface area contributed by atoms with E-state index in [9.17, 15) is 13.2 Å². The SMILES string of the molecule is CN(C)c1cccc(-c2cnc3[nH]cc(C(=O)CCCS(=O)(=O)O)c3c2)c1. The van der Waals surface area contributed by atoms with E-state index in [1.54, 1.807) is 12.4 Å². The fourth-order valence-electron chi connectivity index (χ4n) is 2.91. The molecule has 27 heavy (non-hydrogen) atoms. The number of pyridine rings is 1. The Hall–Kier alpha value is -2.71. The van der Waals surface area contributed by atoms with Crippen molar-refractivity contribution in [3.05, 3.63) is 48.3 Å². The Balaban J connectivity index is 1.90. The molecular formula is C19H21N3O4S. The first kappa shape index (κ1) is 19.1. The van der Waals surface area contributed by atoms with E-state index >= 15 is 0 Å². The summed E-state index contributed by atoms with van der Waals surface area (Å²) in [5.74, 6) is -0.618. The number of H-pyrrole nitrogens is 1. The molecule has 7 nitrogen and oxygen atoms in total. The lowest BCUT2D eigenvalue weighted by Gasteiger charge is -2.13. The first-order valence-electron chi connectivity index (χ1n) is 8.48. The highest BCUT2D eigenvalue weighted by atomic mass is 32.2. The largest absolute Gasteiger partial charge is 0.378 e. The van der Waals surface area contributed by atoms with E-state index in [-0.39, 0.29) is 18.6 Å². The van der Waals surface area contributed by atoms with Crippen molar-refractivity contribution in [3.8, 4) is 11.1 Å². The Kier molecular flexibility index (Phi) is 5.29. The standard InChI is InChI=1S/C19H21N3O4S/c1-22(2)15-6-3-5-13(9-15)14-10-16-17(12-21-19(16)20-11-14)18(23)7-4-8-27(24,25)26/h3,5-6,9-12H,4,7-8H2,1-2H3,(H,20,21)(H,24,25,26). The highest BCUT2D eigenvalue weighted by molar-refractivity contribution is 7.85. The van der Waals surface area contributed by atoms with Crippen LogP contribution in [0, 0.1) is 0 Å². The van der Waals surface area contributed by atoms with Gasteiger partial charge in [0.05, 0.1) is 5.75 Å². The van der Waals surface area contributed by atoms with E-state index in [1.165, 1.54) is 0 Å². The highest BCUT2D eigenvalue weighted by Gasteiger charge is 2.15. The van der Waals surface area contributed by atoms with Gasteiger partial charge in [-0.3, -0.25) is 9.35 Å². The Bertz CT molecular complexity index is 1090. The first-order chi connectivity index (χ1) is 12.7. The normalized spacial score (nSPS) is 11.7. The van der Waals surface area contributed by atoms with Gasteiger partial charge in [0, 0.05) is 55.1 Å². The van der Waals surface area contributed by atoms with Crippen LogP contribution in [-0.2, 0) is 10.1 Å². The van der Waals surface area contributed by atoms with E-state index < -0.39 is 15.9 Å². The maximum Gasteiger partial charge on any atom is 0.264 e. The molecule has 0 atom stereocenters. The van der Waals surface area contributed by atoms with E-state index in [4.69, 9.17) is 4.55 Å². The number of nitrogens with one attached hydrogen (secondary N) is 1. The minimum Gasteiger partial charge on any atom is -0.378 e. The minimum absolute atomic E-state index is 0.0348. The van der Waals surface area contributed by atoms with Crippen molar-refractivity contribution < 1.29 is 17.8 Å². The number of rotatable bonds is 7. The van der Waals surface area contributed by atoms with E-state index in [2.05, 4.69) is 9.97 Å². The van der Waals surface area contributed by atoms with Gasteiger partial charge in [-0.05, 0) is 30.2 Å². The van der Waals surface area contributed by atoms with Gasteiger partial charge in [-0.2, -0.15) is 8.42 Å². The van der Waals surface area contributed by atoms with Gasteiger partial charge < -0.3 is 9.88 Å². The molecule has 0 aliphatic rings. The fraction of sp³-hybridized carbons (Fsp3) is 0.263. The number of fused-ring (bicyclic) bond motifs is 1. The van der Waals surface area contributed by atoms with Gasteiger partial charge in [-0.15, -0.1) is 0 Å². The van der Waals surface area contributed by atoms with Crippen LogP contribution in [0.15, 0.2) is 42.7 Å². The van der Waals surface area contributed by atoms with Crippen molar-refractivity contribution in [1.29, 1.82) is 0 Å². The number of carbonyl (C=O) groups excluding carboxylic acids is 1. The van der Waals surface area contributed by atoms with Gasteiger partial charge in [-0.25, -0.2) is 4.98 Å². The Morgan fingerprint density at radius 2 is 2.00 bits per heavy atom. The number of Topliss-reactive ketones (excluding diaryl/α,β-unsaturated/α-hetero) is 1. The number of ketones is 1. The molecule has 3 aromatic rings. The van der Waals surface area contributed by atoms with Crippen LogP contribution < -0.4 is 4.90 Å². The summed E-state index contributed by atoms with van der Waals surface area (Å²) in [6.07, 6.45) is 3.45. The summed E-state index contributed by atoms with van der Waals surface area (Å²) < 4.78 is 30.4. The van der Waals surface area contributed by atoms with Crippen molar-refractivity contribution >= 4 is 32.6 Å². The lowest BCUT2D eigenvalue weighted by atomic mass is 10.0. The number of hydrogen-bond donors (Lipinski definition) is 2. The molecule has 8 heteroatoms. The van der Waals surface area contributed by atoms with Crippen LogP contribution in [-0.4, -0.2) is 48.6 Å². The summed E-state index contributed by atoms with van der Waals surface area (Å²) in [6, 6.07) is 9.91. The quantitative estimate of drug-likeness (QED) is 0.477. The number of aromatic nitrogens is 2. The molecule has 0 saturated heterocycles. The van der Waals surface area contributed by atoms with Gasteiger partial charge in [0.1, 0.15) is 5.65 Å². The average Bonchev–Trinajstić information content (AvgIpc) is 3.04. The number of anilines is 1. The maximum atomic E-state index is 12.5. The third-order valence-corrected chi connectivity index (χ3v) is 5.14. The van der Waals surface area contributed by atoms with E-state index in [0.29, 0.717) is 16.6 Å². The van der Waals surface area contributed by atoms with E-state index in [0.717, 1.165) is 16.8 Å². The second-order valence-corrected chi connectivity index (χ2v) is 8.15. The lowest BCUT2D eigenvalue weighted by Crippen LogP contribution is -2.08. The maximum absolute atomic E-state index is 12.5. The first-order valence-corrected chi connectivity index (χ1v) is 10.1. The highest BCUT2D eigenvalue weighted by Crippen LogP contribution is 2.27. The molecule has 0 amide bonds. The smallest absolute Gasteiger partial charge is 0.264 e. The van der Waals surface area contributed by atoms with Gasteiger partial charge in [0.2, 0.25) is 0 Å². The summed E-state index contributed by atoms with van der Waals surface area (Å²) in [4.78, 5) is 21.8. The molecule has 3 rings (SSSR count). The van der Waals surface area contributed by atoms with Crippen LogP contribution in [0.3, 0.4) is 0 Å². The lowest BCUT2D eigenvalue weighted by molar-refractivity contribution is 0.0983. The Labute approximate surface area is 157 Å². The molecule has 0 aliphatic carbocycles. The molecule has 0 spiro atoms. The van der Waals surface area contributed by atoms with Gasteiger partial charge in [0.25, 0.3) is 10.1 Å². The van der Waals surface area contributed by atoms with Crippen LogP contribution >= 0.6 is 0 Å². The van der Waals surface area contributed by atoms with Crippen molar-refractivity contribution in [1.82, 2.24) is 9.97 Å². The minimum atomic E-state index is -4.06. The molecule has 0 aliphatic heterocycles. The van der Waals surface area contributed by atoms with Crippen LogP contribution in [0.25, 0.3) is 22.2 Å². The number of benzene rings is 1. The molecule has 2 aromatic heterocycles. The van der Waals surface area contributed by atoms with Crippen molar-refractivity contribution in [2.24, 2.45) is 0 Å². The molecule has 142 valence electrons. The zero-order valence-electron chi connectivity index (χ0n) is 15.1. The third kappa shape index (κ3) is 4.53. The van der Waals surface area contributed by atoms with Crippen LogP contribution in [0.5, 0.6) is 0 Å². The van der Waals surface area contributed by atoms with Crippen LogP contribution in [0.1, 0.15) is 23.2 Å². The summed E-state index contributed by atoms with van der Waals surface area (Å²) in [5.41, 5.74) is 4.00. The van der Waals surface area contributed by atoms with Crippen LogP contribution in [0.4, 0.5) is 5.69 Å². The number of aromatic amines is 1. The molecule has 1 aromatic carbocycles. The molecule has 0 bridgehead atoms. The van der Waals surface area contributed by atoms with Gasteiger partial charge in [0.15, 0.2) is 5.78 Å². The van der Waals surface area contributed by atoms with Crippen molar-refractivity contribution in [2.45, 2.75) is 12.8 Å². The molecule has 2 heterocycles. The van der Waals surface area contributed by atoms with Crippen LogP contribution in [0.2, 0.25) is 0 Å². The number of carbonyl (C=O) groups is 1. The monoisotopic (exact) mass is 387 g/mol. The topological polar surface area (TPSA) is 103 Å². The Morgan fingerprint density at radius 1 is 1.22 bits per heavy atom. The van der Waals surface area contributed by atoms with Gasteiger partial charge in [-0.1, -0.05) is 12.1 Å². The number of nitrogens with zero attached hydrogens (tertiary/aromatic N) is 2. The summed E-state index contributed by atoms with van der Waals surface area (Å²) in [5, 5.41) is 0.694. The summed E-state index contributed by atoms with van der Waals surface area (Å²) >= 11 is 0. The predicted octanol–water partition coefficient (Wildman–Crippen LogP) is 3.15. The number of hydrogen-bond acceptors (Lipinski definition) is 5. The third-order valence-electron chi connectivity index (χ3n) is 4.33. The van der Waals surface area contributed by atoms with E-state index in [1.807, 2.05) is 49.3 Å². The van der Waals surface area contributed by atoms with Gasteiger partial charge >= 0.3 is 0 Å². The molecular weight excluding hydrogens is 366 g/mol. The Morgan fingerprint density at radius 3 is 2.70 bits per heavy atom. The summed E-state index contributed by atoms with van der Waals surface area (Å²) in [6.45, 7) is 0. The average molecular weight is 387 g/mol. The predicted molar refractivity (Wildman–Crippen MR) is 106 cm³/mol. The zero-order chi connectivity index (χ0) is 19.6. The second kappa shape index (κ2) is 7.50.